The summed E-state index contributed by atoms with van der Waals surface area (Å²) in [7, 11) is 3.69. The molecule has 1 rings (SSSR count). The lowest BCUT2D eigenvalue weighted by Gasteiger charge is -2.28. The van der Waals surface area contributed by atoms with Gasteiger partial charge in [0.25, 0.3) is 0 Å². The number of piperidine rings is 1. The normalized spacial score (nSPS) is 16.6. The zero-order chi connectivity index (χ0) is 18.7. The van der Waals surface area contributed by atoms with E-state index in [0.29, 0.717) is 39.1 Å². The standard InChI is InChI=1S/C18H35N3O4/c1-18(2,8-5-16(22)19-9-13-24-4)25-14-10-20-17(23)15-6-11-21(3)12-7-15/h15H,5-14H2,1-4H3,(H,19,22)(H,20,23). The molecule has 25 heavy (non-hydrogen) atoms. The molecule has 1 heterocycles. The van der Waals surface area contributed by atoms with Gasteiger partial charge >= 0.3 is 0 Å². The van der Waals surface area contributed by atoms with E-state index in [4.69, 9.17) is 9.47 Å². The summed E-state index contributed by atoms with van der Waals surface area (Å²) in [6.45, 7) is 7.90. The third kappa shape index (κ3) is 9.77. The molecular weight excluding hydrogens is 322 g/mol. The molecule has 0 radical (unpaired) electrons. The first-order valence-corrected chi connectivity index (χ1v) is 9.20. The van der Waals surface area contributed by atoms with Gasteiger partial charge in [-0.05, 0) is 53.2 Å². The monoisotopic (exact) mass is 357 g/mol. The first-order valence-electron chi connectivity index (χ1n) is 9.20. The second-order valence-electron chi connectivity index (χ2n) is 7.32. The molecule has 0 aromatic rings. The zero-order valence-corrected chi connectivity index (χ0v) is 16.2. The minimum absolute atomic E-state index is 0.00398. The van der Waals surface area contributed by atoms with E-state index in [1.165, 1.54) is 0 Å². The molecule has 0 bridgehead atoms. The van der Waals surface area contributed by atoms with Gasteiger partial charge in [0.1, 0.15) is 0 Å². The topological polar surface area (TPSA) is 79.9 Å². The lowest BCUT2D eigenvalue weighted by Crippen LogP contribution is -2.40. The van der Waals surface area contributed by atoms with Gasteiger partial charge in [-0.3, -0.25) is 9.59 Å². The number of nitrogens with one attached hydrogen (secondary N) is 2. The summed E-state index contributed by atoms with van der Waals surface area (Å²) in [5.41, 5.74) is -0.392. The smallest absolute Gasteiger partial charge is 0.223 e. The number of carbonyl (C=O) groups excluding carboxylic acids is 2. The summed E-state index contributed by atoms with van der Waals surface area (Å²) in [6.07, 6.45) is 2.90. The third-order valence-electron chi connectivity index (χ3n) is 4.57. The van der Waals surface area contributed by atoms with Gasteiger partial charge in [0.15, 0.2) is 0 Å². The van der Waals surface area contributed by atoms with Crippen molar-refractivity contribution < 1.29 is 19.1 Å². The van der Waals surface area contributed by atoms with E-state index < -0.39 is 5.60 Å². The van der Waals surface area contributed by atoms with Gasteiger partial charge < -0.3 is 25.0 Å². The maximum Gasteiger partial charge on any atom is 0.223 e. The Labute approximate surface area is 151 Å². The molecule has 2 N–H and O–H groups in total. The van der Waals surface area contributed by atoms with Gasteiger partial charge in [-0.25, -0.2) is 0 Å². The van der Waals surface area contributed by atoms with Crippen LogP contribution in [0.25, 0.3) is 0 Å². The summed E-state index contributed by atoms with van der Waals surface area (Å²) >= 11 is 0. The van der Waals surface area contributed by atoms with Gasteiger partial charge in [0.2, 0.25) is 11.8 Å². The average molecular weight is 357 g/mol. The van der Waals surface area contributed by atoms with Crippen LogP contribution in [0.5, 0.6) is 0 Å². The predicted octanol–water partition coefficient (Wildman–Crippen LogP) is 0.782. The Balaban J connectivity index is 2.12. The molecule has 1 saturated heterocycles. The Bertz CT molecular complexity index is 407. The summed E-state index contributed by atoms with van der Waals surface area (Å²) in [5.74, 6) is 0.260. The van der Waals surface area contributed by atoms with Crippen LogP contribution in [-0.4, -0.2) is 75.9 Å². The molecule has 0 aromatic heterocycles. The minimum atomic E-state index is -0.392. The predicted molar refractivity (Wildman–Crippen MR) is 97.4 cm³/mol. The summed E-state index contributed by atoms with van der Waals surface area (Å²) in [5, 5.41) is 5.76. The molecule has 0 saturated carbocycles. The number of hydrogen-bond acceptors (Lipinski definition) is 5. The van der Waals surface area contributed by atoms with Crippen molar-refractivity contribution in [2.75, 3.05) is 53.6 Å². The average Bonchev–Trinajstić information content (AvgIpc) is 2.58. The van der Waals surface area contributed by atoms with Crippen LogP contribution in [0.2, 0.25) is 0 Å². The van der Waals surface area contributed by atoms with Crippen molar-refractivity contribution >= 4 is 11.8 Å². The first-order chi connectivity index (χ1) is 11.8. The minimum Gasteiger partial charge on any atom is -0.383 e. The van der Waals surface area contributed by atoms with Gasteiger partial charge in [0.05, 0.1) is 18.8 Å². The van der Waals surface area contributed by atoms with Crippen LogP contribution in [0.4, 0.5) is 0 Å². The summed E-state index contributed by atoms with van der Waals surface area (Å²) < 4.78 is 10.7. The highest BCUT2D eigenvalue weighted by atomic mass is 16.5. The molecule has 146 valence electrons. The number of methoxy groups -OCH3 is 1. The van der Waals surface area contributed by atoms with E-state index in [2.05, 4.69) is 22.6 Å². The van der Waals surface area contributed by atoms with E-state index in [0.717, 1.165) is 25.9 Å². The Morgan fingerprint density at radius 3 is 2.40 bits per heavy atom. The molecule has 1 fully saturated rings. The SMILES string of the molecule is COCCNC(=O)CCC(C)(C)OCCNC(=O)C1CCN(C)CC1. The number of ether oxygens (including phenoxy) is 2. The maximum absolute atomic E-state index is 12.1. The van der Waals surface area contributed by atoms with E-state index in [1.54, 1.807) is 7.11 Å². The van der Waals surface area contributed by atoms with Crippen LogP contribution in [0, 0.1) is 5.92 Å². The van der Waals surface area contributed by atoms with Crippen LogP contribution in [0.1, 0.15) is 39.5 Å². The second kappa shape index (κ2) is 11.4. The molecular formula is C18H35N3O4. The fourth-order valence-electron chi connectivity index (χ4n) is 2.78. The molecule has 0 aliphatic carbocycles. The molecule has 0 spiro atoms. The Hall–Kier alpha value is -1.18. The van der Waals surface area contributed by atoms with E-state index in [-0.39, 0.29) is 17.7 Å². The number of rotatable bonds is 11. The van der Waals surface area contributed by atoms with Crippen molar-refractivity contribution in [3.63, 3.8) is 0 Å². The molecule has 0 atom stereocenters. The van der Waals surface area contributed by atoms with Crippen LogP contribution >= 0.6 is 0 Å². The van der Waals surface area contributed by atoms with Crippen molar-refractivity contribution in [2.24, 2.45) is 5.92 Å². The Morgan fingerprint density at radius 1 is 1.12 bits per heavy atom. The maximum atomic E-state index is 12.1. The number of hydrogen-bond donors (Lipinski definition) is 2. The van der Waals surface area contributed by atoms with Gasteiger partial charge in [-0.15, -0.1) is 0 Å². The highest BCUT2D eigenvalue weighted by Gasteiger charge is 2.23. The number of amides is 2. The lowest BCUT2D eigenvalue weighted by molar-refractivity contribution is -0.127. The molecule has 7 nitrogen and oxygen atoms in total. The van der Waals surface area contributed by atoms with Crippen molar-refractivity contribution in [1.29, 1.82) is 0 Å². The first kappa shape index (κ1) is 21.9. The van der Waals surface area contributed by atoms with Crippen LogP contribution in [-0.2, 0) is 19.1 Å². The van der Waals surface area contributed by atoms with Crippen LogP contribution in [0.15, 0.2) is 0 Å². The Morgan fingerprint density at radius 2 is 1.76 bits per heavy atom. The van der Waals surface area contributed by atoms with Crippen molar-refractivity contribution in [3.05, 3.63) is 0 Å². The number of likely N-dealkylation sites (tertiary alicyclic amines) is 1. The van der Waals surface area contributed by atoms with Crippen LogP contribution < -0.4 is 10.6 Å². The zero-order valence-electron chi connectivity index (χ0n) is 16.2. The summed E-state index contributed by atoms with van der Waals surface area (Å²) in [4.78, 5) is 26.1. The van der Waals surface area contributed by atoms with Crippen molar-refractivity contribution in [1.82, 2.24) is 15.5 Å². The van der Waals surface area contributed by atoms with Crippen molar-refractivity contribution in [2.45, 2.75) is 45.1 Å². The quantitative estimate of drug-likeness (QED) is 0.534. The highest BCUT2D eigenvalue weighted by Crippen LogP contribution is 2.17. The highest BCUT2D eigenvalue weighted by molar-refractivity contribution is 5.78. The van der Waals surface area contributed by atoms with E-state index in [9.17, 15) is 9.59 Å². The Kier molecular flexibility index (Phi) is 10.0. The van der Waals surface area contributed by atoms with Crippen molar-refractivity contribution in [3.8, 4) is 0 Å². The molecule has 1 aliphatic rings. The van der Waals surface area contributed by atoms with E-state index in [1.807, 2.05) is 13.8 Å². The number of nitrogens with zero attached hydrogens (tertiary/aromatic N) is 1. The molecule has 2 amide bonds. The van der Waals surface area contributed by atoms with E-state index >= 15 is 0 Å². The van der Waals surface area contributed by atoms with Crippen LogP contribution in [0.3, 0.4) is 0 Å². The molecule has 1 aliphatic heterocycles. The van der Waals surface area contributed by atoms with Gasteiger partial charge in [-0.1, -0.05) is 0 Å². The summed E-state index contributed by atoms with van der Waals surface area (Å²) in [6, 6.07) is 0. The lowest BCUT2D eigenvalue weighted by atomic mass is 9.96. The van der Waals surface area contributed by atoms with Gasteiger partial charge in [-0.2, -0.15) is 0 Å². The number of carbonyl (C=O) groups is 2. The van der Waals surface area contributed by atoms with Gasteiger partial charge in [0, 0.05) is 32.5 Å². The molecule has 0 unspecified atom stereocenters. The fraction of sp³-hybridized carbons (Fsp3) is 0.889. The third-order valence-corrected chi connectivity index (χ3v) is 4.57. The second-order valence-corrected chi connectivity index (χ2v) is 7.32. The molecule has 0 aromatic carbocycles. The largest absolute Gasteiger partial charge is 0.383 e. The molecule has 7 heteroatoms. The fourth-order valence-corrected chi connectivity index (χ4v) is 2.78.